The SMILES string of the molecule is O=C(Cc1cc(F)cc(F)c1)Nn1nc(-c2ccccc2)c2sccc2c1=O. The zero-order chi connectivity index (χ0) is 19.7. The van der Waals surface area contributed by atoms with E-state index in [1.165, 1.54) is 11.3 Å². The minimum absolute atomic E-state index is 0.156. The smallest absolute Gasteiger partial charge is 0.273 e. The Labute approximate surface area is 161 Å². The molecule has 0 fully saturated rings. The number of rotatable bonds is 4. The molecule has 4 rings (SSSR count). The van der Waals surface area contributed by atoms with Crippen LogP contribution in [0.15, 0.2) is 64.8 Å². The van der Waals surface area contributed by atoms with E-state index in [0.717, 1.165) is 28.6 Å². The first-order valence-electron chi connectivity index (χ1n) is 8.32. The van der Waals surface area contributed by atoms with E-state index in [-0.39, 0.29) is 12.0 Å². The third kappa shape index (κ3) is 3.54. The molecule has 28 heavy (non-hydrogen) atoms. The molecule has 1 amide bonds. The molecule has 0 atom stereocenters. The second-order valence-corrected chi connectivity index (χ2v) is 7.00. The molecule has 0 bridgehead atoms. The monoisotopic (exact) mass is 397 g/mol. The summed E-state index contributed by atoms with van der Waals surface area (Å²) in [5, 5.41) is 6.50. The van der Waals surface area contributed by atoms with Crippen molar-refractivity contribution < 1.29 is 13.6 Å². The van der Waals surface area contributed by atoms with Gasteiger partial charge in [-0.2, -0.15) is 0 Å². The average Bonchev–Trinajstić information content (AvgIpc) is 3.14. The number of aromatic nitrogens is 2. The molecule has 0 aliphatic heterocycles. The van der Waals surface area contributed by atoms with E-state index in [1.807, 2.05) is 30.3 Å². The van der Waals surface area contributed by atoms with Crippen LogP contribution in [-0.2, 0) is 11.2 Å². The number of halogens is 2. The molecule has 5 nitrogen and oxygen atoms in total. The quantitative estimate of drug-likeness (QED) is 0.571. The standard InChI is InChI=1S/C20H13F2N3O2S/c21-14-8-12(9-15(22)11-14)10-17(26)23-25-20(27)16-6-7-28-19(16)18(24-25)13-4-2-1-3-5-13/h1-9,11H,10H2,(H,23,26). The van der Waals surface area contributed by atoms with Gasteiger partial charge >= 0.3 is 0 Å². The lowest BCUT2D eigenvalue weighted by Gasteiger charge is -2.10. The van der Waals surface area contributed by atoms with Gasteiger partial charge < -0.3 is 0 Å². The van der Waals surface area contributed by atoms with Crippen molar-refractivity contribution in [2.45, 2.75) is 6.42 Å². The van der Waals surface area contributed by atoms with Crippen LogP contribution in [0, 0.1) is 11.6 Å². The summed E-state index contributed by atoms with van der Waals surface area (Å²) in [7, 11) is 0. The van der Waals surface area contributed by atoms with E-state index in [1.54, 1.807) is 11.4 Å². The lowest BCUT2D eigenvalue weighted by molar-refractivity contribution is -0.116. The Morgan fingerprint density at radius 1 is 1.07 bits per heavy atom. The predicted molar refractivity (Wildman–Crippen MR) is 104 cm³/mol. The van der Waals surface area contributed by atoms with E-state index in [0.29, 0.717) is 15.8 Å². The van der Waals surface area contributed by atoms with Gasteiger partial charge in [-0.05, 0) is 29.1 Å². The van der Waals surface area contributed by atoms with Crippen LogP contribution in [0.4, 0.5) is 8.78 Å². The molecule has 0 saturated carbocycles. The van der Waals surface area contributed by atoms with E-state index in [2.05, 4.69) is 10.5 Å². The first kappa shape index (κ1) is 18.0. The number of carbonyl (C=O) groups excluding carboxylic acids is 1. The molecular weight excluding hydrogens is 384 g/mol. The fraction of sp³-hybridized carbons (Fsp3) is 0.0500. The van der Waals surface area contributed by atoms with Gasteiger partial charge in [-0.1, -0.05) is 30.3 Å². The van der Waals surface area contributed by atoms with Gasteiger partial charge in [0.15, 0.2) is 0 Å². The molecule has 0 saturated heterocycles. The first-order valence-corrected chi connectivity index (χ1v) is 9.20. The van der Waals surface area contributed by atoms with Crippen molar-refractivity contribution in [1.82, 2.24) is 9.89 Å². The third-order valence-electron chi connectivity index (χ3n) is 4.07. The number of hydrogen-bond acceptors (Lipinski definition) is 4. The maximum atomic E-state index is 13.3. The summed E-state index contributed by atoms with van der Waals surface area (Å²) in [5.74, 6) is -2.17. The van der Waals surface area contributed by atoms with Crippen molar-refractivity contribution in [3.63, 3.8) is 0 Å². The largest absolute Gasteiger partial charge is 0.295 e. The second kappa shape index (κ2) is 7.32. The zero-order valence-electron chi connectivity index (χ0n) is 14.4. The van der Waals surface area contributed by atoms with Gasteiger partial charge in [0.05, 0.1) is 16.5 Å². The van der Waals surface area contributed by atoms with E-state index in [4.69, 9.17) is 0 Å². The molecular formula is C20H13F2N3O2S. The number of carbonyl (C=O) groups is 1. The molecule has 8 heteroatoms. The molecule has 0 aliphatic rings. The van der Waals surface area contributed by atoms with Crippen molar-refractivity contribution in [3.05, 3.63) is 87.5 Å². The van der Waals surface area contributed by atoms with Gasteiger partial charge in [-0.3, -0.25) is 9.59 Å². The summed E-state index contributed by atoms with van der Waals surface area (Å²) in [4.78, 5) is 25.8. The molecule has 2 heterocycles. The van der Waals surface area contributed by atoms with Crippen LogP contribution in [0.25, 0.3) is 21.3 Å². The number of benzene rings is 2. The Morgan fingerprint density at radius 2 is 1.79 bits per heavy atom. The minimum atomic E-state index is -0.774. The summed E-state index contributed by atoms with van der Waals surface area (Å²) in [6.45, 7) is 0. The van der Waals surface area contributed by atoms with Crippen LogP contribution < -0.4 is 11.0 Å². The maximum Gasteiger partial charge on any atom is 0.295 e. The summed E-state index contributed by atoms with van der Waals surface area (Å²) in [5.41, 5.74) is 3.44. The molecule has 140 valence electrons. The van der Waals surface area contributed by atoms with Crippen LogP contribution in [0.2, 0.25) is 0 Å². The molecule has 4 aromatic rings. The number of fused-ring (bicyclic) bond motifs is 1. The van der Waals surface area contributed by atoms with Crippen molar-refractivity contribution >= 4 is 27.3 Å². The highest BCUT2D eigenvalue weighted by molar-refractivity contribution is 7.17. The molecule has 2 aromatic carbocycles. The highest BCUT2D eigenvalue weighted by atomic mass is 32.1. The van der Waals surface area contributed by atoms with Crippen molar-refractivity contribution in [2.75, 3.05) is 5.43 Å². The molecule has 1 N–H and O–H groups in total. The lowest BCUT2D eigenvalue weighted by Crippen LogP contribution is -2.36. The van der Waals surface area contributed by atoms with Gasteiger partial charge in [-0.25, -0.2) is 14.2 Å². The molecule has 0 unspecified atom stereocenters. The summed E-state index contributed by atoms with van der Waals surface area (Å²) < 4.78 is 27.3. The minimum Gasteiger partial charge on any atom is -0.273 e. The maximum absolute atomic E-state index is 13.3. The fourth-order valence-electron chi connectivity index (χ4n) is 2.88. The van der Waals surface area contributed by atoms with E-state index in [9.17, 15) is 18.4 Å². The summed E-state index contributed by atoms with van der Waals surface area (Å²) >= 11 is 1.38. The number of amides is 1. The Bertz CT molecular complexity index is 1220. The van der Waals surface area contributed by atoms with Gasteiger partial charge in [0.25, 0.3) is 5.56 Å². The lowest BCUT2D eigenvalue weighted by atomic mass is 10.1. The number of nitrogens with zero attached hydrogens (tertiary/aromatic N) is 2. The normalized spacial score (nSPS) is 10.9. The Kier molecular flexibility index (Phi) is 4.70. The van der Waals surface area contributed by atoms with Crippen LogP contribution in [-0.4, -0.2) is 15.8 Å². The van der Waals surface area contributed by atoms with Crippen LogP contribution in [0.5, 0.6) is 0 Å². The Hall–Kier alpha value is -3.39. The Balaban J connectivity index is 1.69. The highest BCUT2D eigenvalue weighted by Crippen LogP contribution is 2.28. The van der Waals surface area contributed by atoms with Crippen molar-refractivity contribution in [3.8, 4) is 11.3 Å². The molecule has 0 aliphatic carbocycles. The zero-order valence-corrected chi connectivity index (χ0v) is 15.2. The van der Waals surface area contributed by atoms with Gasteiger partial charge in [0, 0.05) is 11.6 Å². The molecule has 2 aromatic heterocycles. The second-order valence-electron chi connectivity index (χ2n) is 6.08. The topological polar surface area (TPSA) is 64.0 Å². The molecule has 0 radical (unpaired) electrons. The Morgan fingerprint density at radius 3 is 2.50 bits per heavy atom. The predicted octanol–water partition coefficient (Wildman–Crippen LogP) is 3.72. The number of hydrogen-bond donors (Lipinski definition) is 1. The third-order valence-corrected chi connectivity index (χ3v) is 4.99. The van der Waals surface area contributed by atoms with E-state index < -0.39 is 23.1 Å². The highest BCUT2D eigenvalue weighted by Gasteiger charge is 2.15. The van der Waals surface area contributed by atoms with E-state index >= 15 is 0 Å². The fourth-order valence-corrected chi connectivity index (χ4v) is 3.78. The summed E-state index contributed by atoms with van der Waals surface area (Å²) in [6, 6.07) is 13.8. The van der Waals surface area contributed by atoms with Gasteiger partial charge in [0.2, 0.25) is 5.91 Å². The van der Waals surface area contributed by atoms with Crippen LogP contribution in [0.3, 0.4) is 0 Å². The number of thiophene rings is 1. The van der Waals surface area contributed by atoms with Crippen molar-refractivity contribution in [2.24, 2.45) is 0 Å². The van der Waals surface area contributed by atoms with Gasteiger partial charge in [-0.15, -0.1) is 21.2 Å². The average molecular weight is 397 g/mol. The number of nitrogens with one attached hydrogen (secondary N) is 1. The molecule has 0 spiro atoms. The van der Waals surface area contributed by atoms with Gasteiger partial charge in [0.1, 0.15) is 17.3 Å². The van der Waals surface area contributed by atoms with Crippen molar-refractivity contribution in [1.29, 1.82) is 0 Å². The van der Waals surface area contributed by atoms with Crippen LogP contribution >= 0.6 is 11.3 Å². The first-order chi connectivity index (χ1) is 13.5. The summed E-state index contributed by atoms with van der Waals surface area (Å²) in [6.07, 6.45) is -0.300. The van der Waals surface area contributed by atoms with Crippen LogP contribution in [0.1, 0.15) is 5.56 Å².